The molecule has 2 amide bonds. The molecule has 0 radical (unpaired) electrons. The van der Waals surface area contributed by atoms with E-state index in [9.17, 15) is 14.4 Å². The molecule has 1 heterocycles. The number of methoxy groups -OCH3 is 2. The van der Waals surface area contributed by atoms with E-state index in [1.807, 2.05) is 0 Å². The molecule has 0 atom stereocenters. The monoisotopic (exact) mass is 397 g/mol. The standard InChI is InChI=1S/C17H16ClNO6S/c1-4-5-19-16(21)13(26-17(19)22)8-10-6-11(18)15(12(7-10)23-2)25-9-14(20)24-3/h4,6-8H,1,5,9H2,2-3H3/b13-8+. The van der Waals surface area contributed by atoms with Crippen LogP contribution in [0.3, 0.4) is 0 Å². The number of hydrogen-bond donors (Lipinski definition) is 0. The van der Waals surface area contributed by atoms with E-state index in [-0.39, 0.29) is 39.8 Å². The molecule has 1 aliphatic heterocycles. The first-order valence-corrected chi connectivity index (χ1v) is 8.54. The number of nitrogens with zero attached hydrogens (tertiary/aromatic N) is 1. The number of carbonyl (C=O) groups excluding carboxylic acids is 3. The molecule has 7 nitrogen and oxygen atoms in total. The van der Waals surface area contributed by atoms with Gasteiger partial charge in [0.2, 0.25) is 0 Å². The van der Waals surface area contributed by atoms with Crippen molar-refractivity contribution < 1.29 is 28.6 Å². The van der Waals surface area contributed by atoms with Gasteiger partial charge in [-0.15, -0.1) is 6.58 Å². The first-order valence-electron chi connectivity index (χ1n) is 7.34. The lowest BCUT2D eigenvalue weighted by Gasteiger charge is -2.12. The zero-order chi connectivity index (χ0) is 19.3. The molecule has 9 heteroatoms. The molecule has 2 rings (SSSR count). The molecule has 0 bridgehead atoms. The Balaban J connectivity index is 2.30. The second-order valence-corrected chi connectivity index (χ2v) is 6.38. The molecule has 0 N–H and O–H groups in total. The highest BCUT2D eigenvalue weighted by Gasteiger charge is 2.34. The van der Waals surface area contributed by atoms with Crippen LogP contribution in [-0.2, 0) is 14.3 Å². The van der Waals surface area contributed by atoms with Gasteiger partial charge in [0.25, 0.3) is 11.1 Å². The van der Waals surface area contributed by atoms with Crippen LogP contribution < -0.4 is 9.47 Å². The average Bonchev–Trinajstić information content (AvgIpc) is 2.87. The van der Waals surface area contributed by atoms with Crippen molar-refractivity contribution in [2.24, 2.45) is 0 Å². The van der Waals surface area contributed by atoms with E-state index < -0.39 is 11.9 Å². The average molecular weight is 398 g/mol. The van der Waals surface area contributed by atoms with E-state index in [0.29, 0.717) is 5.56 Å². The van der Waals surface area contributed by atoms with Crippen LogP contribution in [0.1, 0.15) is 5.56 Å². The van der Waals surface area contributed by atoms with Gasteiger partial charge in [0.05, 0.1) is 24.1 Å². The zero-order valence-electron chi connectivity index (χ0n) is 14.1. The molecule has 0 spiro atoms. The summed E-state index contributed by atoms with van der Waals surface area (Å²) in [5.74, 6) is -0.515. The van der Waals surface area contributed by atoms with Crippen molar-refractivity contribution in [3.8, 4) is 11.5 Å². The number of hydrogen-bond acceptors (Lipinski definition) is 7. The van der Waals surface area contributed by atoms with Crippen LogP contribution >= 0.6 is 23.4 Å². The second kappa shape index (κ2) is 8.77. The molecule has 0 unspecified atom stereocenters. The van der Waals surface area contributed by atoms with Gasteiger partial charge in [0, 0.05) is 6.54 Å². The van der Waals surface area contributed by atoms with Crippen LogP contribution in [0.2, 0.25) is 5.02 Å². The summed E-state index contributed by atoms with van der Waals surface area (Å²) in [4.78, 5) is 36.7. The van der Waals surface area contributed by atoms with Gasteiger partial charge in [-0.25, -0.2) is 4.79 Å². The molecular formula is C17H16ClNO6S. The Bertz CT molecular complexity index is 792. The Hall–Kier alpha value is -2.45. The summed E-state index contributed by atoms with van der Waals surface area (Å²) in [6, 6.07) is 3.12. The highest BCUT2D eigenvalue weighted by Crippen LogP contribution is 2.38. The maximum Gasteiger partial charge on any atom is 0.343 e. The zero-order valence-corrected chi connectivity index (χ0v) is 15.7. The van der Waals surface area contributed by atoms with E-state index in [1.54, 1.807) is 6.07 Å². The van der Waals surface area contributed by atoms with Crippen molar-refractivity contribution in [2.75, 3.05) is 27.4 Å². The summed E-state index contributed by atoms with van der Waals surface area (Å²) in [6.07, 6.45) is 3.01. The largest absolute Gasteiger partial charge is 0.493 e. The van der Waals surface area contributed by atoms with Crippen molar-refractivity contribution >= 4 is 46.6 Å². The Labute approximate surface area is 159 Å². The van der Waals surface area contributed by atoms with Gasteiger partial charge < -0.3 is 14.2 Å². The third-order valence-electron chi connectivity index (χ3n) is 3.30. The fourth-order valence-electron chi connectivity index (χ4n) is 2.09. The summed E-state index contributed by atoms with van der Waals surface area (Å²) >= 11 is 7.03. The highest BCUT2D eigenvalue weighted by molar-refractivity contribution is 8.18. The summed E-state index contributed by atoms with van der Waals surface area (Å²) in [5.41, 5.74) is 0.543. The van der Waals surface area contributed by atoms with E-state index >= 15 is 0 Å². The fourth-order valence-corrected chi connectivity index (χ4v) is 3.21. The first kappa shape index (κ1) is 19.9. The van der Waals surface area contributed by atoms with Crippen molar-refractivity contribution in [3.63, 3.8) is 0 Å². The Morgan fingerprint density at radius 1 is 1.35 bits per heavy atom. The number of esters is 1. The minimum Gasteiger partial charge on any atom is -0.493 e. The number of rotatable bonds is 7. The predicted octanol–water partition coefficient (Wildman–Crippen LogP) is 3.12. The lowest BCUT2D eigenvalue weighted by Crippen LogP contribution is -2.27. The van der Waals surface area contributed by atoms with Gasteiger partial charge in [-0.05, 0) is 35.5 Å². The maximum atomic E-state index is 12.3. The Morgan fingerprint density at radius 2 is 2.08 bits per heavy atom. The van der Waals surface area contributed by atoms with Crippen molar-refractivity contribution in [1.82, 2.24) is 4.90 Å². The molecule has 0 saturated carbocycles. The lowest BCUT2D eigenvalue weighted by molar-refractivity contribution is -0.142. The number of amides is 2. The van der Waals surface area contributed by atoms with Crippen LogP contribution in [0.15, 0.2) is 29.7 Å². The third-order valence-corrected chi connectivity index (χ3v) is 4.48. The van der Waals surface area contributed by atoms with Gasteiger partial charge in [-0.2, -0.15) is 0 Å². The Kier molecular flexibility index (Phi) is 6.70. The third kappa shape index (κ3) is 4.39. The normalized spacial score (nSPS) is 15.3. The van der Waals surface area contributed by atoms with E-state index in [1.165, 1.54) is 32.4 Å². The second-order valence-electron chi connectivity index (χ2n) is 4.98. The van der Waals surface area contributed by atoms with Crippen LogP contribution in [0, 0.1) is 0 Å². The van der Waals surface area contributed by atoms with Gasteiger partial charge in [0.1, 0.15) is 0 Å². The lowest BCUT2D eigenvalue weighted by atomic mass is 10.1. The minimum atomic E-state index is -0.567. The molecule has 1 aromatic rings. The molecule has 1 aliphatic rings. The minimum absolute atomic E-state index is 0.145. The number of imide groups is 1. The molecule has 138 valence electrons. The van der Waals surface area contributed by atoms with Gasteiger partial charge in [-0.1, -0.05) is 17.7 Å². The maximum absolute atomic E-state index is 12.3. The number of benzene rings is 1. The predicted molar refractivity (Wildman–Crippen MR) is 98.4 cm³/mol. The molecule has 1 saturated heterocycles. The van der Waals surface area contributed by atoms with Crippen LogP contribution in [0.25, 0.3) is 6.08 Å². The molecule has 0 aliphatic carbocycles. The van der Waals surface area contributed by atoms with Crippen molar-refractivity contribution in [1.29, 1.82) is 0 Å². The quantitative estimate of drug-likeness (QED) is 0.397. The van der Waals surface area contributed by atoms with E-state index in [4.69, 9.17) is 21.1 Å². The highest BCUT2D eigenvalue weighted by atomic mass is 35.5. The van der Waals surface area contributed by atoms with Crippen molar-refractivity contribution in [3.05, 3.63) is 40.3 Å². The van der Waals surface area contributed by atoms with Crippen LogP contribution in [-0.4, -0.2) is 49.4 Å². The molecule has 0 aromatic heterocycles. The fraction of sp³-hybridized carbons (Fsp3) is 0.235. The summed E-state index contributed by atoms with van der Waals surface area (Å²) in [5, 5.41) is -0.179. The number of halogens is 1. The van der Waals surface area contributed by atoms with Crippen LogP contribution in [0.5, 0.6) is 11.5 Å². The summed E-state index contributed by atoms with van der Waals surface area (Å²) in [6.45, 7) is 3.34. The van der Waals surface area contributed by atoms with E-state index in [2.05, 4.69) is 11.3 Å². The topological polar surface area (TPSA) is 82.1 Å². The summed E-state index contributed by atoms with van der Waals surface area (Å²) in [7, 11) is 2.66. The number of ether oxygens (including phenoxy) is 3. The first-order chi connectivity index (χ1) is 12.4. The summed E-state index contributed by atoms with van der Waals surface area (Å²) < 4.78 is 15.1. The molecule has 1 fully saturated rings. The number of thioether (sulfide) groups is 1. The van der Waals surface area contributed by atoms with Gasteiger partial charge in [0.15, 0.2) is 18.1 Å². The van der Waals surface area contributed by atoms with E-state index in [0.717, 1.165) is 16.7 Å². The molecule has 26 heavy (non-hydrogen) atoms. The SMILES string of the molecule is C=CCN1C(=O)S/C(=C/c2cc(Cl)c(OCC(=O)OC)c(OC)c2)C1=O. The van der Waals surface area contributed by atoms with Gasteiger partial charge in [-0.3, -0.25) is 14.5 Å². The molecular weight excluding hydrogens is 382 g/mol. The smallest absolute Gasteiger partial charge is 0.343 e. The van der Waals surface area contributed by atoms with Crippen LogP contribution in [0.4, 0.5) is 4.79 Å². The Morgan fingerprint density at radius 3 is 2.69 bits per heavy atom. The van der Waals surface area contributed by atoms with Crippen molar-refractivity contribution in [2.45, 2.75) is 0 Å². The molecule has 1 aromatic carbocycles. The van der Waals surface area contributed by atoms with Gasteiger partial charge >= 0.3 is 5.97 Å². The number of carbonyl (C=O) groups is 3.